The van der Waals surface area contributed by atoms with Gasteiger partial charge in [0.1, 0.15) is 12.7 Å². The van der Waals surface area contributed by atoms with E-state index in [2.05, 4.69) is 26.6 Å². The maximum atomic E-state index is 12.0. The maximum Gasteiger partial charge on any atom is 0.313 e. The third-order valence-electron chi connectivity index (χ3n) is 3.70. The standard InChI is InChI=1S/C18H17BrN2O4/c1-11-8-12(19)6-7-14(11)21-18(23)17(22)20-9-13-10-24-15-4-2-3-5-16(15)25-13/h2-8,13H,9-10H2,1H3,(H,20,22)(H,21,23). The minimum absolute atomic E-state index is 0.180. The Morgan fingerprint density at radius 2 is 1.92 bits per heavy atom. The Bertz CT molecular complexity index is 809. The van der Waals surface area contributed by atoms with Crippen LogP contribution in [-0.2, 0) is 9.59 Å². The first-order valence-corrected chi connectivity index (χ1v) is 8.56. The summed E-state index contributed by atoms with van der Waals surface area (Å²) >= 11 is 3.35. The highest BCUT2D eigenvalue weighted by molar-refractivity contribution is 9.10. The molecule has 2 amide bonds. The molecule has 0 fully saturated rings. The zero-order chi connectivity index (χ0) is 17.8. The van der Waals surface area contributed by atoms with Crippen molar-refractivity contribution in [1.29, 1.82) is 0 Å². The summed E-state index contributed by atoms with van der Waals surface area (Å²) < 4.78 is 12.2. The average molecular weight is 405 g/mol. The summed E-state index contributed by atoms with van der Waals surface area (Å²) in [5, 5.41) is 5.17. The number of carbonyl (C=O) groups is 2. The number of hydrogen-bond acceptors (Lipinski definition) is 4. The van der Waals surface area contributed by atoms with E-state index in [0.717, 1.165) is 10.0 Å². The summed E-state index contributed by atoms with van der Waals surface area (Å²) in [5.41, 5.74) is 1.45. The van der Waals surface area contributed by atoms with Crippen LogP contribution in [0.4, 0.5) is 5.69 Å². The fourth-order valence-corrected chi connectivity index (χ4v) is 2.87. The highest BCUT2D eigenvalue weighted by Gasteiger charge is 2.22. The molecular formula is C18H17BrN2O4. The Morgan fingerprint density at radius 1 is 1.16 bits per heavy atom. The number of ether oxygens (including phenoxy) is 2. The Balaban J connectivity index is 1.52. The smallest absolute Gasteiger partial charge is 0.313 e. The fraction of sp³-hybridized carbons (Fsp3) is 0.222. The second kappa shape index (κ2) is 7.57. The van der Waals surface area contributed by atoms with Crippen molar-refractivity contribution in [3.05, 3.63) is 52.5 Å². The molecule has 0 bridgehead atoms. The summed E-state index contributed by atoms with van der Waals surface area (Å²) in [4.78, 5) is 24.0. The molecule has 1 atom stereocenters. The lowest BCUT2D eigenvalue weighted by molar-refractivity contribution is -0.136. The van der Waals surface area contributed by atoms with Crippen LogP contribution in [-0.4, -0.2) is 31.1 Å². The topological polar surface area (TPSA) is 76.7 Å². The highest BCUT2D eigenvalue weighted by Crippen LogP contribution is 2.30. The van der Waals surface area contributed by atoms with Crippen LogP contribution in [0, 0.1) is 6.92 Å². The maximum absolute atomic E-state index is 12.0. The molecule has 1 heterocycles. The number of fused-ring (bicyclic) bond motifs is 1. The normalized spacial score (nSPS) is 15.4. The van der Waals surface area contributed by atoms with Crippen molar-refractivity contribution in [2.45, 2.75) is 13.0 Å². The Kier molecular flexibility index (Phi) is 5.23. The molecule has 0 saturated heterocycles. The van der Waals surface area contributed by atoms with Crippen LogP contribution in [0.3, 0.4) is 0 Å². The first-order chi connectivity index (χ1) is 12.0. The molecule has 1 unspecified atom stereocenters. The van der Waals surface area contributed by atoms with Gasteiger partial charge in [0.05, 0.1) is 6.54 Å². The zero-order valence-corrected chi connectivity index (χ0v) is 15.1. The first-order valence-electron chi connectivity index (χ1n) is 7.77. The van der Waals surface area contributed by atoms with Gasteiger partial charge in [0.25, 0.3) is 0 Å². The Hall–Kier alpha value is -2.54. The Labute approximate surface area is 153 Å². The molecule has 3 rings (SSSR count). The predicted octanol–water partition coefficient (Wildman–Crippen LogP) is 2.65. The molecule has 0 aliphatic carbocycles. The molecule has 1 aliphatic heterocycles. The molecule has 130 valence electrons. The quantitative estimate of drug-likeness (QED) is 0.770. The fourth-order valence-electron chi connectivity index (χ4n) is 2.40. The van der Waals surface area contributed by atoms with Gasteiger partial charge in [-0.15, -0.1) is 0 Å². The van der Waals surface area contributed by atoms with E-state index in [0.29, 0.717) is 23.8 Å². The number of benzene rings is 2. The minimum atomic E-state index is -0.720. The van der Waals surface area contributed by atoms with E-state index >= 15 is 0 Å². The number of hydrogen-bond donors (Lipinski definition) is 2. The summed E-state index contributed by atoms with van der Waals surface area (Å²) in [6.45, 7) is 2.34. The van der Waals surface area contributed by atoms with Crippen LogP contribution in [0.5, 0.6) is 11.5 Å². The zero-order valence-electron chi connectivity index (χ0n) is 13.5. The summed E-state index contributed by atoms with van der Waals surface area (Å²) in [6.07, 6.45) is -0.346. The Morgan fingerprint density at radius 3 is 2.68 bits per heavy atom. The van der Waals surface area contributed by atoms with Crippen LogP contribution in [0.2, 0.25) is 0 Å². The summed E-state index contributed by atoms with van der Waals surface area (Å²) in [5.74, 6) is -0.135. The lowest BCUT2D eigenvalue weighted by Gasteiger charge is -2.26. The molecule has 2 aromatic rings. The second-order valence-corrected chi connectivity index (χ2v) is 6.54. The van der Waals surface area contributed by atoms with Crippen LogP contribution >= 0.6 is 15.9 Å². The SMILES string of the molecule is Cc1cc(Br)ccc1NC(=O)C(=O)NCC1COc2ccccc2O1. The van der Waals surface area contributed by atoms with E-state index in [1.54, 1.807) is 18.2 Å². The number of para-hydroxylation sites is 2. The van der Waals surface area contributed by atoms with Gasteiger partial charge in [-0.25, -0.2) is 0 Å². The number of nitrogens with one attached hydrogen (secondary N) is 2. The number of rotatable bonds is 3. The third-order valence-corrected chi connectivity index (χ3v) is 4.19. The van der Waals surface area contributed by atoms with Gasteiger partial charge >= 0.3 is 11.8 Å². The third kappa shape index (κ3) is 4.30. The molecule has 0 saturated carbocycles. The average Bonchev–Trinajstić information content (AvgIpc) is 2.61. The van der Waals surface area contributed by atoms with Crippen molar-refractivity contribution in [2.75, 3.05) is 18.5 Å². The van der Waals surface area contributed by atoms with E-state index in [-0.39, 0.29) is 12.6 Å². The molecule has 0 aromatic heterocycles. The van der Waals surface area contributed by atoms with Gasteiger partial charge < -0.3 is 20.1 Å². The van der Waals surface area contributed by atoms with Crippen molar-refractivity contribution in [1.82, 2.24) is 5.32 Å². The number of aryl methyl sites for hydroxylation is 1. The number of amides is 2. The van der Waals surface area contributed by atoms with Gasteiger partial charge in [-0.3, -0.25) is 9.59 Å². The van der Waals surface area contributed by atoms with Gasteiger partial charge in [-0.05, 0) is 42.8 Å². The lowest BCUT2D eigenvalue weighted by atomic mass is 10.2. The van der Waals surface area contributed by atoms with Gasteiger partial charge in [-0.1, -0.05) is 28.1 Å². The summed E-state index contributed by atoms with van der Waals surface area (Å²) in [7, 11) is 0. The van der Waals surface area contributed by atoms with Gasteiger partial charge in [0.2, 0.25) is 0 Å². The van der Waals surface area contributed by atoms with Crippen molar-refractivity contribution >= 4 is 33.4 Å². The van der Waals surface area contributed by atoms with E-state index in [1.807, 2.05) is 31.2 Å². The van der Waals surface area contributed by atoms with Crippen LogP contribution in [0.15, 0.2) is 46.9 Å². The molecule has 1 aliphatic rings. The van der Waals surface area contributed by atoms with Crippen molar-refractivity contribution in [2.24, 2.45) is 0 Å². The predicted molar refractivity (Wildman–Crippen MR) is 96.9 cm³/mol. The van der Waals surface area contributed by atoms with Crippen molar-refractivity contribution < 1.29 is 19.1 Å². The summed E-state index contributed by atoms with van der Waals surface area (Å²) in [6, 6.07) is 12.7. The second-order valence-electron chi connectivity index (χ2n) is 5.62. The number of carbonyl (C=O) groups excluding carboxylic acids is 2. The molecule has 6 nitrogen and oxygen atoms in total. The molecule has 2 N–H and O–H groups in total. The monoisotopic (exact) mass is 404 g/mol. The van der Waals surface area contributed by atoms with E-state index in [4.69, 9.17) is 9.47 Å². The van der Waals surface area contributed by atoms with E-state index in [9.17, 15) is 9.59 Å². The highest BCUT2D eigenvalue weighted by atomic mass is 79.9. The van der Waals surface area contributed by atoms with Crippen molar-refractivity contribution in [3.63, 3.8) is 0 Å². The molecule has 0 radical (unpaired) electrons. The lowest BCUT2D eigenvalue weighted by Crippen LogP contribution is -2.44. The van der Waals surface area contributed by atoms with Gasteiger partial charge in [-0.2, -0.15) is 0 Å². The number of anilines is 1. The van der Waals surface area contributed by atoms with Crippen LogP contribution in [0.1, 0.15) is 5.56 Å². The van der Waals surface area contributed by atoms with Crippen molar-refractivity contribution in [3.8, 4) is 11.5 Å². The van der Waals surface area contributed by atoms with Gasteiger partial charge in [0.15, 0.2) is 11.5 Å². The molecule has 25 heavy (non-hydrogen) atoms. The first kappa shape index (κ1) is 17.3. The largest absolute Gasteiger partial charge is 0.486 e. The van der Waals surface area contributed by atoms with E-state index < -0.39 is 11.8 Å². The van der Waals surface area contributed by atoms with Gasteiger partial charge in [0, 0.05) is 10.2 Å². The molecular weight excluding hydrogens is 388 g/mol. The van der Waals surface area contributed by atoms with Crippen LogP contribution < -0.4 is 20.1 Å². The number of halogens is 1. The minimum Gasteiger partial charge on any atom is -0.486 e. The van der Waals surface area contributed by atoms with Crippen LogP contribution in [0.25, 0.3) is 0 Å². The van der Waals surface area contributed by atoms with E-state index in [1.165, 1.54) is 0 Å². The molecule has 7 heteroatoms. The molecule has 0 spiro atoms. The molecule has 2 aromatic carbocycles.